The Hall–Kier alpha value is -1.62. The summed E-state index contributed by atoms with van der Waals surface area (Å²) in [4.78, 5) is 8.62. The highest BCUT2D eigenvalue weighted by molar-refractivity contribution is 5.79. The molecule has 0 saturated carbocycles. The predicted octanol–water partition coefficient (Wildman–Crippen LogP) is 1.21. The molecule has 94 valence electrons. The van der Waals surface area contributed by atoms with E-state index in [1.807, 2.05) is 25.1 Å². The molecule has 17 heavy (non-hydrogen) atoms. The number of nitrogens with two attached hydrogens (primary N) is 1. The van der Waals surface area contributed by atoms with Crippen molar-refractivity contribution in [3.05, 3.63) is 30.1 Å². The van der Waals surface area contributed by atoms with E-state index in [9.17, 15) is 0 Å². The SMILES string of the molecule is CC(C)CN=C(NN)NC(C)c1ccccn1. The molecule has 1 aromatic heterocycles. The van der Waals surface area contributed by atoms with E-state index < -0.39 is 0 Å². The van der Waals surface area contributed by atoms with Crippen molar-refractivity contribution in [1.82, 2.24) is 15.7 Å². The van der Waals surface area contributed by atoms with Gasteiger partial charge in [-0.05, 0) is 25.0 Å². The van der Waals surface area contributed by atoms with Gasteiger partial charge in [0.25, 0.3) is 0 Å². The van der Waals surface area contributed by atoms with Gasteiger partial charge >= 0.3 is 0 Å². The third-order valence-corrected chi connectivity index (χ3v) is 2.24. The minimum atomic E-state index is 0.0677. The van der Waals surface area contributed by atoms with E-state index in [1.165, 1.54) is 0 Å². The lowest BCUT2D eigenvalue weighted by atomic mass is 10.2. The van der Waals surface area contributed by atoms with Crippen LogP contribution in [0.25, 0.3) is 0 Å². The summed E-state index contributed by atoms with van der Waals surface area (Å²) in [5, 5.41) is 3.19. The van der Waals surface area contributed by atoms with Crippen molar-refractivity contribution in [1.29, 1.82) is 0 Å². The number of rotatable bonds is 4. The van der Waals surface area contributed by atoms with Crippen molar-refractivity contribution in [3.8, 4) is 0 Å². The zero-order valence-electron chi connectivity index (χ0n) is 10.6. The summed E-state index contributed by atoms with van der Waals surface area (Å²) in [5.41, 5.74) is 3.53. The maximum atomic E-state index is 5.42. The predicted molar refractivity (Wildman–Crippen MR) is 70.3 cm³/mol. The van der Waals surface area contributed by atoms with Crippen molar-refractivity contribution >= 4 is 5.96 Å². The number of nitrogens with one attached hydrogen (secondary N) is 2. The van der Waals surface area contributed by atoms with Gasteiger partial charge in [-0.2, -0.15) is 0 Å². The molecule has 1 atom stereocenters. The van der Waals surface area contributed by atoms with Crippen molar-refractivity contribution in [2.24, 2.45) is 16.8 Å². The van der Waals surface area contributed by atoms with Crippen molar-refractivity contribution in [2.45, 2.75) is 26.8 Å². The molecule has 0 aliphatic carbocycles. The summed E-state index contributed by atoms with van der Waals surface area (Å²) in [6.45, 7) is 6.98. The van der Waals surface area contributed by atoms with Crippen molar-refractivity contribution in [2.75, 3.05) is 6.54 Å². The first-order valence-electron chi connectivity index (χ1n) is 5.82. The van der Waals surface area contributed by atoms with Crippen LogP contribution in [0.15, 0.2) is 29.4 Å². The quantitative estimate of drug-likeness (QED) is 0.317. The van der Waals surface area contributed by atoms with Gasteiger partial charge in [0.05, 0.1) is 11.7 Å². The molecular formula is C12H21N5. The minimum Gasteiger partial charge on any atom is -0.347 e. The number of aliphatic imine (C=N–C) groups is 1. The van der Waals surface area contributed by atoms with Crippen molar-refractivity contribution < 1.29 is 0 Å². The normalized spacial score (nSPS) is 13.6. The van der Waals surface area contributed by atoms with Crippen LogP contribution in [-0.2, 0) is 0 Å². The van der Waals surface area contributed by atoms with E-state index in [-0.39, 0.29) is 6.04 Å². The summed E-state index contributed by atoms with van der Waals surface area (Å²) in [5.74, 6) is 6.52. The molecule has 5 heteroatoms. The average Bonchev–Trinajstić information content (AvgIpc) is 2.35. The molecule has 1 heterocycles. The minimum absolute atomic E-state index is 0.0677. The molecule has 1 aromatic rings. The maximum Gasteiger partial charge on any atom is 0.206 e. The zero-order chi connectivity index (χ0) is 12.7. The van der Waals surface area contributed by atoms with E-state index in [1.54, 1.807) is 6.20 Å². The Morgan fingerprint density at radius 3 is 2.71 bits per heavy atom. The number of pyridine rings is 1. The first-order chi connectivity index (χ1) is 8.13. The van der Waals surface area contributed by atoms with Gasteiger partial charge in [0.2, 0.25) is 5.96 Å². The van der Waals surface area contributed by atoms with E-state index in [0.29, 0.717) is 11.9 Å². The third kappa shape index (κ3) is 4.82. The van der Waals surface area contributed by atoms with Gasteiger partial charge in [0, 0.05) is 12.7 Å². The molecule has 4 N–H and O–H groups in total. The zero-order valence-corrected chi connectivity index (χ0v) is 10.6. The third-order valence-electron chi connectivity index (χ3n) is 2.24. The van der Waals surface area contributed by atoms with E-state index in [4.69, 9.17) is 5.84 Å². The number of aromatic nitrogens is 1. The number of nitrogens with zero attached hydrogens (tertiary/aromatic N) is 2. The fourth-order valence-corrected chi connectivity index (χ4v) is 1.32. The summed E-state index contributed by atoms with van der Waals surface area (Å²) in [7, 11) is 0. The lowest BCUT2D eigenvalue weighted by molar-refractivity contribution is 0.636. The first-order valence-corrected chi connectivity index (χ1v) is 5.82. The molecule has 0 saturated heterocycles. The molecule has 0 radical (unpaired) electrons. The van der Waals surface area contributed by atoms with Crippen LogP contribution in [0.1, 0.15) is 32.5 Å². The highest BCUT2D eigenvalue weighted by Crippen LogP contribution is 2.07. The molecule has 0 aromatic carbocycles. The van der Waals surface area contributed by atoms with Crippen LogP contribution in [0.5, 0.6) is 0 Å². The topological polar surface area (TPSA) is 75.3 Å². The van der Waals surface area contributed by atoms with Crippen molar-refractivity contribution in [3.63, 3.8) is 0 Å². The van der Waals surface area contributed by atoms with Crippen LogP contribution in [0.2, 0.25) is 0 Å². The highest BCUT2D eigenvalue weighted by Gasteiger charge is 2.07. The number of guanidine groups is 1. The largest absolute Gasteiger partial charge is 0.347 e. The van der Waals surface area contributed by atoms with Gasteiger partial charge in [-0.15, -0.1) is 0 Å². The lowest BCUT2D eigenvalue weighted by Crippen LogP contribution is -2.43. The van der Waals surface area contributed by atoms with Gasteiger partial charge in [0.1, 0.15) is 0 Å². The van der Waals surface area contributed by atoms with Crippen LogP contribution in [0, 0.1) is 5.92 Å². The van der Waals surface area contributed by atoms with Crippen LogP contribution in [0.4, 0.5) is 0 Å². The van der Waals surface area contributed by atoms with E-state index >= 15 is 0 Å². The Bertz CT molecular complexity index is 347. The summed E-state index contributed by atoms with van der Waals surface area (Å²) in [6.07, 6.45) is 1.77. The number of hydrogen-bond acceptors (Lipinski definition) is 3. The molecule has 5 nitrogen and oxygen atoms in total. The summed E-state index contributed by atoms with van der Waals surface area (Å²) in [6, 6.07) is 5.89. The Morgan fingerprint density at radius 2 is 2.18 bits per heavy atom. The Morgan fingerprint density at radius 1 is 1.41 bits per heavy atom. The average molecular weight is 235 g/mol. The monoisotopic (exact) mass is 235 g/mol. The van der Waals surface area contributed by atoms with E-state index in [0.717, 1.165) is 12.2 Å². The fourth-order valence-electron chi connectivity index (χ4n) is 1.32. The van der Waals surface area contributed by atoms with Gasteiger partial charge < -0.3 is 5.32 Å². The van der Waals surface area contributed by atoms with Gasteiger partial charge in [-0.25, -0.2) is 5.84 Å². The molecule has 0 aliphatic rings. The molecule has 1 unspecified atom stereocenters. The van der Waals surface area contributed by atoms with Crippen LogP contribution < -0.4 is 16.6 Å². The lowest BCUT2D eigenvalue weighted by Gasteiger charge is -2.16. The van der Waals surface area contributed by atoms with E-state index in [2.05, 4.69) is 34.6 Å². The van der Waals surface area contributed by atoms with Crippen LogP contribution >= 0.6 is 0 Å². The Kier molecular flexibility index (Phi) is 5.42. The fraction of sp³-hybridized carbons (Fsp3) is 0.500. The van der Waals surface area contributed by atoms with Gasteiger partial charge in [0.15, 0.2) is 0 Å². The second-order valence-electron chi connectivity index (χ2n) is 4.35. The maximum absolute atomic E-state index is 5.42. The molecule has 1 rings (SSSR count). The van der Waals surface area contributed by atoms with Crippen LogP contribution in [-0.4, -0.2) is 17.5 Å². The molecule has 0 fully saturated rings. The molecule has 0 spiro atoms. The van der Waals surface area contributed by atoms with Gasteiger partial charge in [-0.3, -0.25) is 15.4 Å². The summed E-state index contributed by atoms with van der Waals surface area (Å²) < 4.78 is 0. The second-order valence-corrected chi connectivity index (χ2v) is 4.35. The standard InChI is InChI=1S/C12H21N5/c1-9(2)8-15-12(17-13)16-10(3)11-6-4-5-7-14-11/h4-7,9-10H,8,13H2,1-3H3,(H2,15,16,17). The van der Waals surface area contributed by atoms with Gasteiger partial charge in [-0.1, -0.05) is 19.9 Å². The number of hydrazine groups is 1. The Labute approximate surface area is 103 Å². The second kappa shape index (κ2) is 6.85. The molecule has 0 bridgehead atoms. The summed E-state index contributed by atoms with van der Waals surface area (Å²) >= 11 is 0. The molecule has 0 aliphatic heterocycles. The molecule has 0 amide bonds. The number of hydrogen-bond donors (Lipinski definition) is 3. The van der Waals surface area contributed by atoms with Crippen LogP contribution in [0.3, 0.4) is 0 Å². The highest BCUT2D eigenvalue weighted by atomic mass is 15.3. The Balaban J connectivity index is 2.59. The smallest absolute Gasteiger partial charge is 0.206 e. The molecular weight excluding hydrogens is 214 g/mol. The first kappa shape index (κ1) is 13.4.